The Morgan fingerprint density at radius 1 is 1.14 bits per heavy atom. The predicted molar refractivity (Wildman–Crippen MR) is 119 cm³/mol. The molecular weight excluding hydrogens is 465 g/mol. The van der Waals surface area contributed by atoms with E-state index in [2.05, 4.69) is 44.5 Å². The first-order valence-corrected chi connectivity index (χ1v) is 11.7. The van der Waals surface area contributed by atoms with Crippen LogP contribution in [0, 0.1) is 0 Å². The molecule has 28 heavy (non-hydrogen) atoms. The van der Waals surface area contributed by atoms with Gasteiger partial charge >= 0.3 is 0 Å². The van der Waals surface area contributed by atoms with Crippen molar-refractivity contribution in [1.29, 1.82) is 0 Å². The molecule has 2 aromatic rings. The molecule has 150 valence electrons. The zero-order valence-electron chi connectivity index (χ0n) is 16.3. The number of fused-ring (bicyclic) bond motifs is 3. The molecule has 2 aliphatic heterocycles. The van der Waals surface area contributed by atoms with Gasteiger partial charge in [0.05, 0.1) is 13.2 Å². The van der Waals surface area contributed by atoms with Crippen molar-refractivity contribution in [3.63, 3.8) is 0 Å². The van der Waals surface area contributed by atoms with Crippen molar-refractivity contribution in [2.45, 2.75) is 48.7 Å². The smallest absolute Gasteiger partial charge is 0.152 e. The first-order chi connectivity index (χ1) is 13.8. The van der Waals surface area contributed by atoms with Crippen LogP contribution in [0.25, 0.3) is 10.9 Å². The average molecular weight is 493 g/mol. The van der Waals surface area contributed by atoms with Gasteiger partial charge < -0.3 is 9.47 Å². The van der Waals surface area contributed by atoms with E-state index >= 15 is 0 Å². The van der Waals surface area contributed by atoms with Gasteiger partial charge in [-0.3, -0.25) is 14.8 Å². The molecule has 5 nitrogen and oxygen atoms in total. The van der Waals surface area contributed by atoms with Gasteiger partial charge in [-0.05, 0) is 43.4 Å². The van der Waals surface area contributed by atoms with Gasteiger partial charge in [-0.2, -0.15) is 0 Å². The highest BCUT2D eigenvalue weighted by Crippen LogP contribution is 2.37. The number of nitrogens with zero attached hydrogens (tertiary/aromatic N) is 3. The second-order valence-electron chi connectivity index (χ2n) is 8.24. The SMILES string of the molecule is IC1CCC(N2COc3c(cc(CN4CCOCC4)c4cccnc34)C2)CC1. The molecule has 0 atom stereocenters. The van der Waals surface area contributed by atoms with Crippen molar-refractivity contribution in [3.8, 4) is 5.75 Å². The number of alkyl halides is 1. The molecule has 1 saturated heterocycles. The van der Waals surface area contributed by atoms with Gasteiger partial charge in [0, 0.05) is 53.3 Å². The van der Waals surface area contributed by atoms with E-state index in [1.807, 2.05) is 12.3 Å². The lowest BCUT2D eigenvalue weighted by atomic mass is 9.93. The van der Waals surface area contributed by atoms with Crippen LogP contribution in [0.5, 0.6) is 5.75 Å². The van der Waals surface area contributed by atoms with Gasteiger partial charge in [-0.1, -0.05) is 28.7 Å². The molecule has 1 aromatic carbocycles. The Labute approximate surface area is 180 Å². The van der Waals surface area contributed by atoms with Crippen molar-refractivity contribution in [3.05, 3.63) is 35.5 Å². The maximum atomic E-state index is 6.30. The molecule has 0 unspecified atom stereocenters. The van der Waals surface area contributed by atoms with Gasteiger partial charge in [0.15, 0.2) is 5.75 Å². The van der Waals surface area contributed by atoms with Crippen molar-refractivity contribution in [2.24, 2.45) is 0 Å². The van der Waals surface area contributed by atoms with E-state index in [1.165, 1.54) is 42.2 Å². The number of pyridine rings is 1. The fourth-order valence-electron chi connectivity index (χ4n) is 4.81. The van der Waals surface area contributed by atoms with Gasteiger partial charge in [0.25, 0.3) is 0 Å². The van der Waals surface area contributed by atoms with Crippen molar-refractivity contribution in [2.75, 3.05) is 33.0 Å². The molecular formula is C22H28IN3O2. The summed E-state index contributed by atoms with van der Waals surface area (Å²) in [6.07, 6.45) is 7.13. The number of hydrogen-bond donors (Lipinski definition) is 0. The number of morpholine rings is 1. The zero-order valence-corrected chi connectivity index (χ0v) is 18.4. The summed E-state index contributed by atoms with van der Waals surface area (Å²) in [4.78, 5) is 9.73. The quantitative estimate of drug-likeness (QED) is 0.478. The van der Waals surface area contributed by atoms with Crippen LogP contribution in [0.15, 0.2) is 24.4 Å². The van der Waals surface area contributed by atoms with E-state index in [-0.39, 0.29) is 0 Å². The van der Waals surface area contributed by atoms with Crippen LogP contribution in [0.1, 0.15) is 36.8 Å². The van der Waals surface area contributed by atoms with E-state index in [9.17, 15) is 0 Å². The Bertz CT molecular complexity index is 832. The van der Waals surface area contributed by atoms with Crippen LogP contribution >= 0.6 is 22.6 Å². The van der Waals surface area contributed by atoms with Crippen molar-refractivity contribution in [1.82, 2.24) is 14.8 Å². The van der Waals surface area contributed by atoms with Crippen LogP contribution in [-0.4, -0.2) is 57.8 Å². The summed E-state index contributed by atoms with van der Waals surface area (Å²) in [7, 11) is 0. The maximum absolute atomic E-state index is 6.30. The molecule has 1 saturated carbocycles. The van der Waals surface area contributed by atoms with Crippen LogP contribution < -0.4 is 4.74 Å². The largest absolute Gasteiger partial charge is 0.475 e. The summed E-state index contributed by atoms with van der Waals surface area (Å²) in [6.45, 7) is 6.29. The molecule has 0 amide bonds. The normalized spacial score (nSPS) is 26.8. The average Bonchev–Trinajstić information content (AvgIpc) is 2.75. The van der Waals surface area contributed by atoms with E-state index in [0.717, 1.165) is 54.6 Å². The number of halogens is 1. The summed E-state index contributed by atoms with van der Waals surface area (Å²) in [5.41, 5.74) is 3.70. The lowest BCUT2D eigenvalue weighted by Crippen LogP contribution is -2.42. The number of aromatic nitrogens is 1. The Morgan fingerprint density at radius 3 is 2.79 bits per heavy atom. The fourth-order valence-corrected chi connectivity index (χ4v) is 5.53. The van der Waals surface area contributed by atoms with Crippen LogP contribution in [0.3, 0.4) is 0 Å². The highest BCUT2D eigenvalue weighted by Gasteiger charge is 2.30. The van der Waals surface area contributed by atoms with Crippen molar-refractivity contribution < 1.29 is 9.47 Å². The minimum absolute atomic E-state index is 0.654. The second kappa shape index (κ2) is 8.42. The fraction of sp³-hybridized carbons (Fsp3) is 0.591. The van der Waals surface area contributed by atoms with Gasteiger partial charge in [-0.15, -0.1) is 0 Å². The van der Waals surface area contributed by atoms with E-state index in [0.29, 0.717) is 12.8 Å². The van der Waals surface area contributed by atoms with E-state index < -0.39 is 0 Å². The third-order valence-electron chi connectivity index (χ3n) is 6.40. The third-order valence-corrected chi connectivity index (χ3v) is 7.64. The lowest BCUT2D eigenvalue weighted by Gasteiger charge is -2.38. The van der Waals surface area contributed by atoms with E-state index in [4.69, 9.17) is 14.5 Å². The summed E-state index contributed by atoms with van der Waals surface area (Å²) < 4.78 is 12.7. The second-order valence-corrected chi connectivity index (χ2v) is 10.00. The topological polar surface area (TPSA) is 37.8 Å². The van der Waals surface area contributed by atoms with Crippen LogP contribution in [-0.2, 0) is 17.8 Å². The highest BCUT2D eigenvalue weighted by molar-refractivity contribution is 14.1. The molecule has 3 heterocycles. The minimum Gasteiger partial charge on any atom is -0.475 e. The molecule has 0 radical (unpaired) electrons. The molecule has 0 N–H and O–H groups in total. The molecule has 3 aliphatic rings. The third kappa shape index (κ3) is 3.88. The summed E-state index contributed by atoms with van der Waals surface area (Å²) >= 11 is 2.61. The number of ether oxygens (including phenoxy) is 2. The molecule has 6 heteroatoms. The summed E-state index contributed by atoms with van der Waals surface area (Å²) in [5, 5.41) is 1.23. The molecule has 1 aliphatic carbocycles. The monoisotopic (exact) mass is 493 g/mol. The molecule has 0 spiro atoms. The standard InChI is InChI=1S/C22H28IN3O2/c23-18-3-5-19(6-4-18)26-14-17-12-16(13-25-8-10-27-11-9-25)20-2-1-7-24-21(20)22(17)28-15-26/h1-2,7,12,18-19H,3-6,8-11,13-15H2. The number of benzene rings is 1. The number of hydrogen-bond acceptors (Lipinski definition) is 5. The zero-order chi connectivity index (χ0) is 18.9. The van der Waals surface area contributed by atoms with Gasteiger partial charge in [0.1, 0.15) is 12.2 Å². The first kappa shape index (κ1) is 19.0. The van der Waals surface area contributed by atoms with Crippen molar-refractivity contribution >= 4 is 33.5 Å². The minimum atomic E-state index is 0.654. The molecule has 5 rings (SSSR count). The number of rotatable bonds is 3. The Hall–Kier alpha value is -0.960. The Morgan fingerprint density at radius 2 is 1.96 bits per heavy atom. The predicted octanol–water partition coefficient (Wildman–Crippen LogP) is 3.97. The Kier molecular flexibility index (Phi) is 5.72. The van der Waals surface area contributed by atoms with E-state index in [1.54, 1.807) is 0 Å². The maximum Gasteiger partial charge on any atom is 0.152 e. The first-order valence-electron chi connectivity index (χ1n) is 10.5. The molecule has 1 aromatic heterocycles. The van der Waals surface area contributed by atoms with Gasteiger partial charge in [-0.25, -0.2) is 0 Å². The summed E-state index contributed by atoms with van der Waals surface area (Å²) in [6, 6.07) is 7.26. The highest BCUT2D eigenvalue weighted by atomic mass is 127. The van der Waals surface area contributed by atoms with Crippen LogP contribution in [0.4, 0.5) is 0 Å². The summed E-state index contributed by atoms with van der Waals surface area (Å²) in [5.74, 6) is 1.00. The molecule has 0 bridgehead atoms. The van der Waals surface area contributed by atoms with Gasteiger partial charge in [0.2, 0.25) is 0 Å². The molecule has 2 fully saturated rings. The lowest BCUT2D eigenvalue weighted by molar-refractivity contribution is 0.0339. The van der Waals surface area contributed by atoms with Crippen LogP contribution in [0.2, 0.25) is 0 Å². The Balaban J connectivity index is 1.44.